The Morgan fingerprint density at radius 2 is 1.55 bits per heavy atom. The summed E-state index contributed by atoms with van der Waals surface area (Å²) in [6.45, 7) is 8.65. The Balaban J connectivity index is 1.88. The fourth-order valence-electron chi connectivity index (χ4n) is 5.09. The summed E-state index contributed by atoms with van der Waals surface area (Å²) in [5.41, 5.74) is 8.78. The maximum absolute atomic E-state index is 14.2. The van der Waals surface area contributed by atoms with Gasteiger partial charge in [-0.2, -0.15) is 0 Å². The second kappa shape index (κ2) is 13.9. The summed E-state index contributed by atoms with van der Waals surface area (Å²) in [6.07, 6.45) is 0.584. The predicted molar refractivity (Wildman–Crippen MR) is 167 cm³/mol. The Bertz CT molecular complexity index is 1570. The zero-order valence-corrected chi connectivity index (χ0v) is 24.7. The van der Waals surface area contributed by atoms with Gasteiger partial charge in [-0.05, 0) is 62.6 Å². The molecule has 3 aromatic carbocycles. The molecule has 8 nitrogen and oxygen atoms in total. The van der Waals surface area contributed by atoms with E-state index in [1.165, 1.54) is 0 Å². The largest absolute Gasteiger partial charge is 0.330 e. The van der Waals surface area contributed by atoms with Gasteiger partial charge in [0.2, 0.25) is 0 Å². The van der Waals surface area contributed by atoms with E-state index in [-0.39, 0.29) is 23.9 Å². The highest BCUT2D eigenvalue weighted by atomic mass is 16.2. The third kappa shape index (κ3) is 7.01. The molecule has 3 N–H and O–H groups in total. The fourth-order valence-corrected chi connectivity index (χ4v) is 5.09. The highest BCUT2D eigenvalue weighted by molar-refractivity contribution is 6.04. The van der Waals surface area contributed by atoms with E-state index >= 15 is 0 Å². The zero-order chi connectivity index (χ0) is 30.2. The number of hydrogen-bond donors (Lipinski definition) is 2. The molecule has 218 valence electrons. The van der Waals surface area contributed by atoms with Crippen LogP contribution in [-0.4, -0.2) is 39.4 Å². The number of amides is 2. The molecule has 0 aliphatic heterocycles. The van der Waals surface area contributed by atoms with Crippen LogP contribution in [0.3, 0.4) is 0 Å². The molecule has 0 aliphatic rings. The van der Waals surface area contributed by atoms with Crippen LogP contribution in [0.2, 0.25) is 0 Å². The lowest BCUT2D eigenvalue weighted by Gasteiger charge is -2.36. The van der Waals surface area contributed by atoms with Crippen molar-refractivity contribution >= 4 is 17.5 Å². The number of benzene rings is 3. The number of hydrogen-bond acceptors (Lipinski definition) is 5. The molecule has 0 saturated heterocycles. The van der Waals surface area contributed by atoms with Crippen LogP contribution < -0.4 is 16.6 Å². The quantitative estimate of drug-likeness (QED) is 0.255. The van der Waals surface area contributed by atoms with E-state index in [4.69, 9.17) is 10.7 Å². The lowest BCUT2D eigenvalue weighted by Crippen LogP contribution is -2.43. The molecule has 0 bridgehead atoms. The van der Waals surface area contributed by atoms with Crippen LogP contribution in [0.5, 0.6) is 0 Å². The molecule has 1 unspecified atom stereocenters. The summed E-state index contributed by atoms with van der Waals surface area (Å²) in [5.74, 6) is -0.354. The van der Waals surface area contributed by atoms with Gasteiger partial charge in [0, 0.05) is 17.8 Å². The van der Waals surface area contributed by atoms with E-state index in [9.17, 15) is 14.4 Å². The van der Waals surface area contributed by atoms with Gasteiger partial charge < -0.3 is 16.0 Å². The number of aromatic nitrogens is 2. The molecule has 8 heteroatoms. The van der Waals surface area contributed by atoms with E-state index in [0.29, 0.717) is 42.3 Å². The van der Waals surface area contributed by atoms with Crippen molar-refractivity contribution in [3.05, 3.63) is 129 Å². The van der Waals surface area contributed by atoms with Crippen molar-refractivity contribution in [3.8, 4) is 0 Å². The molecule has 1 aromatic heterocycles. The minimum Gasteiger partial charge on any atom is -0.330 e. The van der Waals surface area contributed by atoms with Crippen molar-refractivity contribution in [1.29, 1.82) is 0 Å². The molecule has 0 aliphatic carbocycles. The van der Waals surface area contributed by atoms with Crippen molar-refractivity contribution < 1.29 is 9.59 Å². The van der Waals surface area contributed by atoms with Crippen LogP contribution in [0.4, 0.5) is 5.69 Å². The summed E-state index contributed by atoms with van der Waals surface area (Å²) in [7, 11) is 0. The Kier molecular flexibility index (Phi) is 10.0. The van der Waals surface area contributed by atoms with E-state index < -0.39 is 17.5 Å². The Morgan fingerprint density at radius 1 is 0.929 bits per heavy atom. The van der Waals surface area contributed by atoms with Gasteiger partial charge in [0.1, 0.15) is 11.4 Å². The van der Waals surface area contributed by atoms with Crippen LogP contribution in [0.15, 0.2) is 89.7 Å². The van der Waals surface area contributed by atoms with Gasteiger partial charge in [0.25, 0.3) is 17.4 Å². The third-order valence-corrected chi connectivity index (χ3v) is 7.22. The summed E-state index contributed by atoms with van der Waals surface area (Å²) >= 11 is 0. The number of nitrogens with zero attached hydrogens (tertiary/aromatic N) is 3. The van der Waals surface area contributed by atoms with Crippen molar-refractivity contribution in [2.24, 2.45) is 11.7 Å². The van der Waals surface area contributed by atoms with Gasteiger partial charge in [-0.25, -0.2) is 4.98 Å². The van der Waals surface area contributed by atoms with Crippen LogP contribution in [-0.2, 0) is 6.54 Å². The van der Waals surface area contributed by atoms with Gasteiger partial charge in [-0.3, -0.25) is 19.0 Å². The van der Waals surface area contributed by atoms with Gasteiger partial charge in [-0.1, -0.05) is 80.1 Å². The van der Waals surface area contributed by atoms with Crippen LogP contribution in [0.1, 0.15) is 69.7 Å². The smallest absolute Gasteiger partial charge is 0.267 e. The molecule has 4 rings (SSSR count). The molecular weight excluding hydrogens is 526 g/mol. The predicted octanol–water partition coefficient (Wildman–Crippen LogP) is 5.35. The van der Waals surface area contributed by atoms with Gasteiger partial charge >= 0.3 is 0 Å². The van der Waals surface area contributed by atoms with E-state index in [0.717, 1.165) is 11.1 Å². The molecule has 0 spiro atoms. The molecular formula is C34H39N5O3. The summed E-state index contributed by atoms with van der Waals surface area (Å²) in [4.78, 5) is 48.3. The first-order valence-electron chi connectivity index (χ1n) is 14.3. The number of carbonyl (C=O) groups is 2. The number of aryl methyl sites for hydroxylation is 2. The van der Waals surface area contributed by atoms with E-state index in [2.05, 4.69) is 5.32 Å². The normalized spacial score (nSPS) is 11.8. The minimum atomic E-state index is -0.549. The lowest BCUT2D eigenvalue weighted by atomic mass is 9.98. The van der Waals surface area contributed by atoms with Gasteiger partial charge in [0.05, 0.1) is 18.3 Å². The van der Waals surface area contributed by atoms with E-state index in [1.807, 2.05) is 93.6 Å². The number of anilines is 1. The number of rotatable bonds is 11. The zero-order valence-electron chi connectivity index (χ0n) is 24.7. The van der Waals surface area contributed by atoms with E-state index in [1.54, 1.807) is 28.5 Å². The van der Waals surface area contributed by atoms with Crippen LogP contribution in [0.25, 0.3) is 0 Å². The highest BCUT2D eigenvalue weighted by Gasteiger charge is 2.33. The van der Waals surface area contributed by atoms with Crippen LogP contribution >= 0.6 is 0 Å². The van der Waals surface area contributed by atoms with Crippen molar-refractivity contribution in [1.82, 2.24) is 14.5 Å². The third-order valence-electron chi connectivity index (χ3n) is 7.22. The standard InChI is InChI=1S/C34H39N5O3/c1-23(2)30(38(21-11-20-35)33(41)27-18-16-24(3)17-19-27)31-36-25(4)29(32(40)37-28-14-9-6-10-15-28)34(42)39(31)22-26-12-7-5-8-13-26/h5-10,12-19,23,30H,11,20-22,35H2,1-4H3,(H,37,40). The Hall–Kier alpha value is -4.56. The second-order valence-corrected chi connectivity index (χ2v) is 10.8. The Morgan fingerprint density at radius 3 is 2.14 bits per heavy atom. The molecule has 2 amide bonds. The molecule has 0 saturated carbocycles. The van der Waals surface area contributed by atoms with Crippen LogP contribution in [0, 0.1) is 19.8 Å². The van der Waals surface area contributed by atoms with Crippen molar-refractivity contribution in [2.75, 3.05) is 18.4 Å². The maximum Gasteiger partial charge on any atom is 0.267 e. The first kappa shape index (κ1) is 30.4. The number of carbonyl (C=O) groups excluding carboxylic acids is 2. The minimum absolute atomic E-state index is 0.0283. The average molecular weight is 566 g/mol. The molecule has 42 heavy (non-hydrogen) atoms. The van der Waals surface area contributed by atoms with Gasteiger partial charge in [0.15, 0.2) is 0 Å². The molecule has 0 fully saturated rings. The van der Waals surface area contributed by atoms with Crippen molar-refractivity contribution in [2.45, 2.75) is 46.7 Å². The fraction of sp³-hybridized carbons (Fsp3) is 0.294. The molecule has 1 heterocycles. The SMILES string of the molecule is Cc1ccc(C(=O)N(CCCN)C(c2nc(C)c(C(=O)Nc3ccccc3)c(=O)n2Cc2ccccc2)C(C)C)cc1. The van der Waals surface area contributed by atoms with Crippen molar-refractivity contribution in [3.63, 3.8) is 0 Å². The summed E-state index contributed by atoms with van der Waals surface area (Å²) in [5, 5.41) is 2.83. The summed E-state index contributed by atoms with van der Waals surface area (Å²) < 4.78 is 1.55. The molecule has 0 radical (unpaired) electrons. The summed E-state index contributed by atoms with van der Waals surface area (Å²) in [6, 6.07) is 25.5. The number of para-hydroxylation sites is 1. The highest BCUT2D eigenvalue weighted by Crippen LogP contribution is 2.30. The first-order valence-corrected chi connectivity index (χ1v) is 14.3. The monoisotopic (exact) mass is 565 g/mol. The second-order valence-electron chi connectivity index (χ2n) is 10.8. The average Bonchev–Trinajstić information content (AvgIpc) is 2.97. The number of nitrogens with one attached hydrogen (secondary N) is 1. The Labute approximate surface area is 247 Å². The lowest BCUT2D eigenvalue weighted by molar-refractivity contribution is 0.0601. The topological polar surface area (TPSA) is 110 Å². The van der Waals surface area contributed by atoms with Gasteiger partial charge in [-0.15, -0.1) is 0 Å². The first-order chi connectivity index (χ1) is 20.2. The molecule has 4 aromatic rings. The molecule has 1 atom stereocenters. The number of nitrogens with two attached hydrogens (primary N) is 1. The maximum atomic E-state index is 14.2.